The van der Waals surface area contributed by atoms with E-state index in [9.17, 15) is 4.79 Å². The van der Waals surface area contributed by atoms with E-state index in [1.54, 1.807) is 0 Å². The predicted octanol–water partition coefficient (Wildman–Crippen LogP) is 6.99. The van der Waals surface area contributed by atoms with Crippen LogP contribution in [0.5, 0.6) is 0 Å². The summed E-state index contributed by atoms with van der Waals surface area (Å²) in [5.41, 5.74) is 4.97. The minimum absolute atomic E-state index is 0.0551. The van der Waals surface area contributed by atoms with Gasteiger partial charge in [-0.05, 0) is 17.5 Å². The van der Waals surface area contributed by atoms with Gasteiger partial charge in [0.1, 0.15) is 6.04 Å². The number of aliphatic imine (C=N–C) groups is 1. The molecule has 0 aliphatic heterocycles. The van der Waals surface area contributed by atoms with Gasteiger partial charge in [0.15, 0.2) is 0 Å². The number of amides is 1. The summed E-state index contributed by atoms with van der Waals surface area (Å²) in [6.07, 6.45) is 2.63. The maximum absolute atomic E-state index is 13.8. The molecule has 4 aromatic carbocycles. The van der Waals surface area contributed by atoms with Crippen molar-refractivity contribution in [2.24, 2.45) is 4.99 Å². The van der Waals surface area contributed by atoms with E-state index in [-0.39, 0.29) is 11.9 Å². The first-order chi connectivity index (χ1) is 17.3. The van der Waals surface area contributed by atoms with Crippen molar-refractivity contribution in [3.05, 3.63) is 144 Å². The number of nitrogens with one attached hydrogen (secondary N) is 1. The van der Waals surface area contributed by atoms with Crippen LogP contribution in [0, 0.1) is 0 Å². The maximum Gasteiger partial charge on any atom is 0.245 e. The molecule has 0 aromatic heterocycles. The van der Waals surface area contributed by atoms with Crippen molar-refractivity contribution in [3.63, 3.8) is 0 Å². The van der Waals surface area contributed by atoms with Crippen LogP contribution in [-0.4, -0.2) is 17.7 Å². The highest BCUT2D eigenvalue weighted by Crippen LogP contribution is 2.23. The van der Waals surface area contributed by atoms with Crippen molar-refractivity contribution in [1.82, 2.24) is 5.32 Å². The summed E-state index contributed by atoms with van der Waals surface area (Å²) in [5, 5.41) is 3.32. The Morgan fingerprint density at radius 3 is 1.54 bits per heavy atom. The van der Waals surface area contributed by atoms with Crippen LogP contribution in [0.25, 0.3) is 0 Å². The van der Waals surface area contributed by atoms with Gasteiger partial charge in [0.2, 0.25) is 5.91 Å². The standard InChI is InChI=1S/C32H32N2O/c1-2-3-24-29(33-30(25-16-8-4-9-17-25)26-18-10-5-11-19-26)32(35)34-31(27-20-12-6-13-21-27)28-22-14-7-15-23-28/h4-23,29,31H,2-3,24H2,1H3,(H,34,35)/t29-/m1/s1. The Labute approximate surface area is 208 Å². The lowest BCUT2D eigenvalue weighted by atomic mass is 9.97. The lowest BCUT2D eigenvalue weighted by Crippen LogP contribution is -2.37. The number of rotatable bonds is 10. The molecule has 176 valence electrons. The molecule has 0 heterocycles. The molecule has 3 nitrogen and oxygen atoms in total. The molecule has 0 fully saturated rings. The fourth-order valence-electron chi connectivity index (χ4n) is 4.20. The van der Waals surface area contributed by atoms with Crippen molar-refractivity contribution in [1.29, 1.82) is 0 Å². The monoisotopic (exact) mass is 460 g/mol. The van der Waals surface area contributed by atoms with Gasteiger partial charge in [-0.2, -0.15) is 0 Å². The van der Waals surface area contributed by atoms with E-state index in [0.717, 1.165) is 40.8 Å². The zero-order chi connectivity index (χ0) is 24.3. The van der Waals surface area contributed by atoms with E-state index in [2.05, 4.69) is 60.8 Å². The minimum Gasteiger partial charge on any atom is -0.343 e. The maximum atomic E-state index is 13.8. The van der Waals surface area contributed by atoms with Crippen molar-refractivity contribution in [3.8, 4) is 0 Å². The van der Waals surface area contributed by atoms with E-state index < -0.39 is 6.04 Å². The van der Waals surface area contributed by atoms with Gasteiger partial charge in [0.05, 0.1) is 11.8 Å². The number of hydrogen-bond donors (Lipinski definition) is 1. The highest BCUT2D eigenvalue weighted by atomic mass is 16.2. The minimum atomic E-state index is -0.486. The third kappa shape index (κ3) is 6.54. The van der Waals surface area contributed by atoms with Gasteiger partial charge in [-0.25, -0.2) is 0 Å². The molecule has 1 N–H and O–H groups in total. The van der Waals surface area contributed by atoms with Crippen LogP contribution in [0.3, 0.4) is 0 Å². The molecule has 1 amide bonds. The van der Waals surface area contributed by atoms with Crippen LogP contribution >= 0.6 is 0 Å². The molecule has 0 saturated heterocycles. The van der Waals surface area contributed by atoms with Crippen molar-refractivity contribution < 1.29 is 4.79 Å². The number of benzene rings is 4. The summed E-state index contributed by atoms with van der Waals surface area (Å²) in [6.45, 7) is 2.14. The van der Waals surface area contributed by atoms with Crippen LogP contribution in [-0.2, 0) is 4.79 Å². The Morgan fingerprint density at radius 1 is 0.686 bits per heavy atom. The van der Waals surface area contributed by atoms with E-state index in [1.807, 2.05) is 72.8 Å². The molecule has 0 radical (unpaired) electrons. The van der Waals surface area contributed by atoms with Gasteiger partial charge < -0.3 is 5.32 Å². The largest absolute Gasteiger partial charge is 0.343 e. The molecule has 35 heavy (non-hydrogen) atoms. The molecule has 0 bridgehead atoms. The van der Waals surface area contributed by atoms with Crippen LogP contribution in [0.2, 0.25) is 0 Å². The van der Waals surface area contributed by atoms with Gasteiger partial charge in [-0.3, -0.25) is 9.79 Å². The molecule has 3 heteroatoms. The molecule has 0 spiro atoms. The summed E-state index contributed by atoms with van der Waals surface area (Å²) < 4.78 is 0. The second-order valence-corrected chi connectivity index (χ2v) is 8.63. The Kier molecular flexibility index (Phi) is 8.61. The summed E-state index contributed by atoms with van der Waals surface area (Å²) in [7, 11) is 0. The lowest BCUT2D eigenvalue weighted by Gasteiger charge is -2.23. The van der Waals surface area contributed by atoms with Gasteiger partial charge >= 0.3 is 0 Å². The molecule has 0 aliphatic carbocycles. The fourth-order valence-corrected chi connectivity index (χ4v) is 4.20. The highest BCUT2D eigenvalue weighted by molar-refractivity contribution is 6.13. The summed E-state index contributed by atoms with van der Waals surface area (Å²) in [5.74, 6) is -0.0551. The van der Waals surface area contributed by atoms with Crippen molar-refractivity contribution >= 4 is 11.6 Å². The third-order valence-corrected chi connectivity index (χ3v) is 6.07. The molecule has 0 saturated carbocycles. The van der Waals surface area contributed by atoms with Crippen LogP contribution < -0.4 is 5.32 Å². The topological polar surface area (TPSA) is 41.5 Å². The number of unbranched alkanes of at least 4 members (excludes halogenated alkanes) is 1. The zero-order valence-electron chi connectivity index (χ0n) is 20.2. The average molecular weight is 461 g/mol. The third-order valence-electron chi connectivity index (χ3n) is 6.07. The van der Waals surface area contributed by atoms with Crippen molar-refractivity contribution in [2.75, 3.05) is 0 Å². The fraction of sp³-hybridized carbons (Fsp3) is 0.188. The van der Waals surface area contributed by atoms with E-state index in [4.69, 9.17) is 4.99 Å². The Bertz CT molecular complexity index is 1120. The molecular formula is C32H32N2O. The van der Waals surface area contributed by atoms with Crippen LogP contribution in [0.4, 0.5) is 0 Å². The van der Waals surface area contributed by atoms with Gasteiger partial charge in [-0.1, -0.05) is 141 Å². The normalized spacial score (nSPS) is 11.6. The SMILES string of the molecule is CCCC[C@@H](N=C(c1ccccc1)c1ccccc1)C(=O)NC(c1ccccc1)c1ccccc1. The molecular weight excluding hydrogens is 428 g/mol. The van der Waals surface area contributed by atoms with E-state index in [1.165, 1.54) is 0 Å². The Morgan fingerprint density at radius 2 is 1.11 bits per heavy atom. The quantitative estimate of drug-likeness (QED) is 0.255. The second kappa shape index (κ2) is 12.5. The van der Waals surface area contributed by atoms with Crippen molar-refractivity contribution in [2.45, 2.75) is 38.3 Å². The number of hydrogen-bond acceptors (Lipinski definition) is 2. The predicted molar refractivity (Wildman–Crippen MR) is 145 cm³/mol. The number of nitrogens with zero attached hydrogens (tertiary/aromatic N) is 1. The summed E-state index contributed by atoms with van der Waals surface area (Å²) in [4.78, 5) is 18.9. The number of carbonyl (C=O) groups excluding carboxylic acids is 1. The van der Waals surface area contributed by atoms with E-state index in [0.29, 0.717) is 6.42 Å². The first kappa shape index (κ1) is 24.2. The highest BCUT2D eigenvalue weighted by Gasteiger charge is 2.24. The van der Waals surface area contributed by atoms with E-state index >= 15 is 0 Å². The molecule has 0 unspecified atom stereocenters. The van der Waals surface area contributed by atoms with Gasteiger partial charge in [0, 0.05) is 11.1 Å². The summed E-state index contributed by atoms with van der Waals surface area (Å²) >= 11 is 0. The average Bonchev–Trinajstić information content (AvgIpc) is 2.93. The first-order valence-electron chi connectivity index (χ1n) is 12.3. The first-order valence-corrected chi connectivity index (χ1v) is 12.3. The van der Waals surface area contributed by atoms with Crippen LogP contribution in [0.15, 0.2) is 126 Å². The Hall–Kier alpha value is -3.98. The van der Waals surface area contributed by atoms with Gasteiger partial charge in [0.25, 0.3) is 0 Å². The molecule has 4 aromatic rings. The molecule has 4 rings (SSSR count). The Balaban J connectivity index is 1.71. The second-order valence-electron chi connectivity index (χ2n) is 8.63. The molecule has 0 aliphatic rings. The lowest BCUT2D eigenvalue weighted by molar-refractivity contribution is -0.122. The molecule has 1 atom stereocenters. The van der Waals surface area contributed by atoms with Gasteiger partial charge in [-0.15, -0.1) is 0 Å². The zero-order valence-corrected chi connectivity index (χ0v) is 20.2. The van der Waals surface area contributed by atoms with Crippen LogP contribution in [0.1, 0.15) is 54.5 Å². The smallest absolute Gasteiger partial charge is 0.245 e. The summed E-state index contributed by atoms with van der Waals surface area (Å²) in [6, 6.07) is 39.8. The number of carbonyl (C=O) groups is 1.